The highest BCUT2D eigenvalue weighted by Crippen LogP contribution is 2.06. The lowest BCUT2D eigenvalue weighted by Crippen LogP contribution is -2.51. The minimum absolute atomic E-state index is 0.0744. The molecule has 1 aliphatic heterocycles. The number of hydrogen-bond acceptors (Lipinski definition) is 3. The van der Waals surface area contributed by atoms with E-state index in [1.807, 2.05) is 0 Å². The average molecular weight is 184 g/mol. The van der Waals surface area contributed by atoms with Crippen LogP contribution in [0.25, 0.3) is 0 Å². The Labute approximate surface area is 78.1 Å². The van der Waals surface area contributed by atoms with Crippen LogP contribution in [0.15, 0.2) is 0 Å². The van der Waals surface area contributed by atoms with Crippen molar-refractivity contribution in [3.05, 3.63) is 0 Å². The fraction of sp³-hybridized carbons (Fsp3) is 0.778. The van der Waals surface area contributed by atoms with Gasteiger partial charge in [-0.15, -0.1) is 0 Å². The van der Waals surface area contributed by atoms with Gasteiger partial charge in [-0.2, -0.15) is 0 Å². The van der Waals surface area contributed by atoms with E-state index in [2.05, 4.69) is 10.6 Å². The topological polar surface area (TPSA) is 58.2 Å². The van der Waals surface area contributed by atoms with Gasteiger partial charge in [0.15, 0.2) is 0 Å². The van der Waals surface area contributed by atoms with Gasteiger partial charge in [0.2, 0.25) is 5.91 Å². The predicted octanol–water partition coefficient (Wildman–Crippen LogP) is -0.168. The third-order valence-corrected chi connectivity index (χ3v) is 2.12. The molecule has 74 valence electrons. The molecule has 1 saturated heterocycles. The quantitative estimate of drug-likeness (QED) is 0.599. The van der Waals surface area contributed by atoms with Crippen molar-refractivity contribution in [2.75, 3.05) is 6.54 Å². The molecule has 2 N–H and O–H groups in total. The van der Waals surface area contributed by atoms with Gasteiger partial charge in [-0.3, -0.25) is 4.79 Å². The second-order valence-corrected chi connectivity index (χ2v) is 3.98. The van der Waals surface area contributed by atoms with Crippen LogP contribution in [-0.2, 0) is 9.59 Å². The van der Waals surface area contributed by atoms with Crippen LogP contribution in [0.5, 0.6) is 0 Å². The van der Waals surface area contributed by atoms with Crippen LogP contribution in [0.4, 0.5) is 0 Å². The molecule has 0 aromatic carbocycles. The Kier molecular flexibility index (Phi) is 3.03. The fourth-order valence-electron chi connectivity index (χ4n) is 1.34. The second-order valence-electron chi connectivity index (χ2n) is 3.98. The highest BCUT2D eigenvalue weighted by atomic mass is 16.2. The maximum Gasteiger partial charge on any atom is 0.237 e. The standard InChI is InChI=1S/C9H16N2O2/c1-9(2,6-12)11-8(13)7-4-3-5-10-7/h6-7,10H,3-5H2,1-2H3,(H,11,13). The van der Waals surface area contributed by atoms with E-state index in [0.29, 0.717) is 0 Å². The zero-order valence-electron chi connectivity index (χ0n) is 8.09. The van der Waals surface area contributed by atoms with Gasteiger partial charge in [0, 0.05) is 0 Å². The third-order valence-electron chi connectivity index (χ3n) is 2.12. The lowest BCUT2D eigenvalue weighted by Gasteiger charge is -2.21. The zero-order chi connectivity index (χ0) is 9.90. The number of nitrogens with one attached hydrogen (secondary N) is 2. The number of hydrogen-bond donors (Lipinski definition) is 2. The Balaban J connectivity index is 2.44. The van der Waals surface area contributed by atoms with Crippen molar-refractivity contribution >= 4 is 12.2 Å². The van der Waals surface area contributed by atoms with E-state index in [1.54, 1.807) is 13.8 Å². The van der Waals surface area contributed by atoms with Crippen LogP contribution in [-0.4, -0.2) is 30.3 Å². The van der Waals surface area contributed by atoms with E-state index in [0.717, 1.165) is 25.7 Å². The van der Waals surface area contributed by atoms with Crippen LogP contribution < -0.4 is 10.6 Å². The number of aldehydes is 1. The molecule has 1 unspecified atom stereocenters. The predicted molar refractivity (Wildman–Crippen MR) is 49.3 cm³/mol. The first kappa shape index (κ1) is 10.2. The molecule has 1 atom stereocenters. The molecule has 0 aliphatic carbocycles. The smallest absolute Gasteiger partial charge is 0.237 e. The Morgan fingerprint density at radius 3 is 2.77 bits per heavy atom. The SMILES string of the molecule is CC(C)(C=O)NC(=O)C1CCCN1. The molecule has 0 bridgehead atoms. The number of amides is 1. The lowest BCUT2D eigenvalue weighted by atomic mass is 10.1. The van der Waals surface area contributed by atoms with Crippen molar-refractivity contribution in [1.82, 2.24) is 10.6 Å². The monoisotopic (exact) mass is 184 g/mol. The number of rotatable bonds is 3. The van der Waals surface area contributed by atoms with Crippen molar-refractivity contribution in [3.8, 4) is 0 Å². The Hall–Kier alpha value is -0.900. The summed E-state index contributed by atoms with van der Waals surface area (Å²) < 4.78 is 0. The van der Waals surface area contributed by atoms with Crippen molar-refractivity contribution < 1.29 is 9.59 Å². The van der Waals surface area contributed by atoms with E-state index in [-0.39, 0.29) is 11.9 Å². The summed E-state index contributed by atoms with van der Waals surface area (Å²) in [5.74, 6) is -0.0744. The Morgan fingerprint density at radius 2 is 2.31 bits per heavy atom. The molecular formula is C9H16N2O2. The summed E-state index contributed by atoms with van der Waals surface area (Å²) in [6.07, 6.45) is 2.64. The minimum atomic E-state index is -0.749. The number of carbonyl (C=O) groups excluding carboxylic acids is 2. The average Bonchev–Trinajstić information content (AvgIpc) is 2.55. The molecule has 4 heteroatoms. The maximum atomic E-state index is 11.5. The molecule has 0 aromatic heterocycles. The van der Waals surface area contributed by atoms with Crippen molar-refractivity contribution in [2.24, 2.45) is 0 Å². The first-order valence-electron chi connectivity index (χ1n) is 4.57. The summed E-state index contributed by atoms with van der Waals surface area (Å²) in [4.78, 5) is 22.0. The van der Waals surface area contributed by atoms with Crippen LogP contribution in [0.3, 0.4) is 0 Å². The van der Waals surface area contributed by atoms with Gasteiger partial charge in [-0.05, 0) is 33.2 Å². The van der Waals surface area contributed by atoms with Gasteiger partial charge in [-0.1, -0.05) is 0 Å². The molecule has 13 heavy (non-hydrogen) atoms. The Bertz CT molecular complexity index is 208. The normalized spacial score (nSPS) is 22.8. The van der Waals surface area contributed by atoms with Gasteiger partial charge in [0.1, 0.15) is 6.29 Å². The molecule has 0 aromatic rings. The molecule has 0 saturated carbocycles. The van der Waals surface area contributed by atoms with Crippen LogP contribution in [0.1, 0.15) is 26.7 Å². The van der Waals surface area contributed by atoms with E-state index in [4.69, 9.17) is 0 Å². The molecule has 1 heterocycles. The summed E-state index contributed by atoms with van der Waals surface area (Å²) in [6.45, 7) is 4.26. The summed E-state index contributed by atoms with van der Waals surface area (Å²) in [6, 6.07) is -0.112. The highest BCUT2D eigenvalue weighted by Gasteiger charge is 2.26. The zero-order valence-corrected chi connectivity index (χ0v) is 8.09. The van der Waals surface area contributed by atoms with E-state index in [9.17, 15) is 9.59 Å². The van der Waals surface area contributed by atoms with Crippen molar-refractivity contribution in [1.29, 1.82) is 0 Å². The van der Waals surface area contributed by atoms with Gasteiger partial charge >= 0.3 is 0 Å². The minimum Gasteiger partial charge on any atom is -0.343 e. The molecule has 0 radical (unpaired) electrons. The molecule has 0 spiro atoms. The van der Waals surface area contributed by atoms with Gasteiger partial charge in [0.05, 0.1) is 11.6 Å². The molecule has 1 fully saturated rings. The Morgan fingerprint density at radius 1 is 1.62 bits per heavy atom. The summed E-state index contributed by atoms with van der Waals surface area (Å²) >= 11 is 0. The summed E-state index contributed by atoms with van der Waals surface area (Å²) in [5.41, 5.74) is -0.749. The summed E-state index contributed by atoms with van der Waals surface area (Å²) in [7, 11) is 0. The molecule has 4 nitrogen and oxygen atoms in total. The van der Waals surface area contributed by atoms with Crippen molar-refractivity contribution in [3.63, 3.8) is 0 Å². The lowest BCUT2D eigenvalue weighted by molar-refractivity contribution is -0.127. The fourth-order valence-corrected chi connectivity index (χ4v) is 1.34. The van der Waals surface area contributed by atoms with Crippen molar-refractivity contribution in [2.45, 2.75) is 38.3 Å². The van der Waals surface area contributed by atoms with Gasteiger partial charge in [0.25, 0.3) is 0 Å². The molecule has 1 rings (SSSR count). The maximum absolute atomic E-state index is 11.5. The van der Waals surface area contributed by atoms with Crippen LogP contribution in [0.2, 0.25) is 0 Å². The molecular weight excluding hydrogens is 168 g/mol. The largest absolute Gasteiger partial charge is 0.343 e. The molecule has 1 amide bonds. The third kappa shape index (κ3) is 2.81. The van der Waals surface area contributed by atoms with Gasteiger partial charge < -0.3 is 15.4 Å². The van der Waals surface area contributed by atoms with Crippen LogP contribution in [0, 0.1) is 0 Å². The van der Waals surface area contributed by atoms with E-state index in [1.165, 1.54) is 0 Å². The highest BCUT2D eigenvalue weighted by molar-refractivity contribution is 5.85. The number of carbonyl (C=O) groups is 2. The first-order chi connectivity index (χ1) is 6.05. The van der Waals surface area contributed by atoms with E-state index >= 15 is 0 Å². The van der Waals surface area contributed by atoms with Crippen LogP contribution >= 0.6 is 0 Å². The van der Waals surface area contributed by atoms with Gasteiger partial charge in [-0.25, -0.2) is 0 Å². The van der Waals surface area contributed by atoms with E-state index < -0.39 is 5.54 Å². The first-order valence-corrected chi connectivity index (χ1v) is 4.57. The molecule has 1 aliphatic rings. The summed E-state index contributed by atoms with van der Waals surface area (Å²) in [5, 5.41) is 5.75. The second kappa shape index (κ2) is 3.87.